The van der Waals surface area contributed by atoms with Gasteiger partial charge >= 0.3 is 0 Å². The van der Waals surface area contributed by atoms with Crippen molar-refractivity contribution in [2.75, 3.05) is 24.5 Å². The molecule has 0 bridgehead atoms. The summed E-state index contributed by atoms with van der Waals surface area (Å²) in [7, 11) is 0. The minimum atomic E-state index is 0.606. The van der Waals surface area contributed by atoms with Crippen molar-refractivity contribution in [3.05, 3.63) is 48.2 Å². The molecule has 1 aromatic rings. The van der Waals surface area contributed by atoms with Crippen LogP contribution in [0.2, 0.25) is 5.02 Å². The van der Waals surface area contributed by atoms with Crippen LogP contribution in [0.4, 0.5) is 5.82 Å². The molecule has 0 amide bonds. The zero-order chi connectivity index (χ0) is 15.0. The largest absolute Gasteiger partial charge is 0.349 e. The van der Waals surface area contributed by atoms with E-state index in [1.165, 1.54) is 0 Å². The lowest BCUT2D eigenvalue weighted by Crippen LogP contribution is -2.25. The first-order valence-electron chi connectivity index (χ1n) is 6.91. The van der Waals surface area contributed by atoms with E-state index in [1.807, 2.05) is 24.3 Å². The van der Waals surface area contributed by atoms with Crippen LogP contribution in [0.1, 0.15) is 19.5 Å². The highest BCUT2D eigenvalue weighted by atomic mass is 35.5. The molecule has 0 unspecified atom stereocenters. The summed E-state index contributed by atoms with van der Waals surface area (Å²) in [5.74, 6) is 1.51. The second-order valence-electron chi connectivity index (χ2n) is 5.11. The lowest BCUT2D eigenvalue weighted by Gasteiger charge is -2.21. The number of nitrogens with zero attached hydrogens (tertiary/aromatic N) is 2. The summed E-state index contributed by atoms with van der Waals surface area (Å²) in [6.45, 7) is 15.0. The molecule has 0 aliphatic heterocycles. The van der Waals surface area contributed by atoms with Crippen LogP contribution in [-0.2, 0) is 6.54 Å². The Morgan fingerprint density at radius 1 is 1.30 bits per heavy atom. The van der Waals surface area contributed by atoms with Gasteiger partial charge in [0.05, 0.1) is 10.7 Å². The van der Waals surface area contributed by atoms with E-state index < -0.39 is 0 Å². The first kappa shape index (κ1) is 16.7. The van der Waals surface area contributed by atoms with Crippen molar-refractivity contribution in [2.24, 2.45) is 5.92 Å². The number of halogens is 1. The van der Waals surface area contributed by atoms with Crippen LogP contribution in [0.5, 0.6) is 0 Å². The maximum Gasteiger partial charge on any atom is 0.129 e. The lowest BCUT2D eigenvalue weighted by atomic mass is 10.2. The number of hydrogen-bond acceptors (Lipinski definition) is 3. The highest BCUT2D eigenvalue weighted by molar-refractivity contribution is 6.31. The second-order valence-corrected chi connectivity index (χ2v) is 5.51. The summed E-state index contributed by atoms with van der Waals surface area (Å²) in [5, 5.41) is 4.06. The van der Waals surface area contributed by atoms with Crippen molar-refractivity contribution >= 4 is 17.4 Å². The highest BCUT2D eigenvalue weighted by Gasteiger charge is 2.09. The van der Waals surface area contributed by atoms with Gasteiger partial charge in [-0.15, -0.1) is 13.2 Å². The van der Waals surface area contributed by atoms with Crippen molar-refractivity contribution in [2.45, 2.75) is 20.4 Å². The first-order valence-corrected chi connectivity index (χ1v) is 7.29. The summed E-state index contributed by atoms with van der Waals surface area (Å²) in [5.41, 5.74) is 0.878. The molecule has 20 heavy (non-hydrogen) atoms. The minimum Gasteiger partial charge on any atom is -0.349 e. The number of rotatable bonds is 9. The summed E-state index contributed by atoms with van der Waals surface area (Å²) >= 11 is 6.21. The molecule has 4 heteroatoms. The molecule has 0 aliphatic carbocycles. The zero-order valence-corrected chi connectivity index (χ0v) is 13.2. The van der Waals surface area contributed by atoms with Crippen molar-refractivity contribution in [3.8, 4) is 0 Å². The van der Waals surface area contributed by atoms with Crippen molar-refractivity contribution in [1.82, 2.24) is 10.3 Å². The summed E-state index contributed by atoms with van der Waals surface area (Å²) < 4.78 is 0. The Morgan fingerprint density at radius 3 is 2.50 bits per heavy atom. The van der Waals surface area contributed by atoms with E-state index in [4.69, 9.17) is 11.6 Å². The smallest absolute Gasteiger partial charge is 0.129 e. The summed E-state index contributed by atoms with van der Waals surface area (Å²) in [4.78, 5) is 6.74. The van der Waals surface area contributed by atoms with Crippen molar-refractivity contribution in [1.29, 1.82) is 0 Å². The van der Waals surface area contributed by atoms with E-state index in [1.54, 1.807) is 0 Å². The molecule has 1 aromatic heterocycles. The molecule has 1 heterocycles. The van der Waals surface area contributed by atoms with Gasteiger partial charge in [-0.25, -0.2) is 4.98 Å². The molecule has 0 aliphatic rings. The molecule has 110 valence electrons. The quantitative estimate of drug-likeness (QED) is 0.704. The van der Waals surface area contributed by atoms with Gasteiger partial charge in [0.2, 0.25) is 0 Å². The number of hydrogen-bond donors (Lipinski definition) is 1. The lowest BCUT2D eigenvalue weighted by molar-refractivity contribution is 0.548. The SMILES string of the molecule is C=CCN(CC=C)c1ccc(Cl)c(CNCC(C)C)n1. The molecular weight excluding hydrogens is 270 g/mol. The van der Waals surface area contributed by atoms with Gasteiger partial charge in [-0.2, -0.15) is 0 Å². The molecule has 1 rings (SSSR count). The standard InChI is InChI=1S/C16H24ClN3/c1-5-9-20(10-6-2)16-8-7-14(17)15(19-16)12-18-11-13(3)4/h5-8,13,18H,1-2,9-12H2,3-4H3. The van der Waals surface area contributed by atoms with E-state index in [-0.39, 0.29) is 0 Å². The summed E-state index contributed by atoms with van der Waals surface area (Å²) in [6.07, 6.45) is 3.72. The molecule has 0 spiro atoms. The average molecular weight is 294 g/mol. The predicted octanol–water partition coefficient (Wildman–Crippen LogP) is 3.66. The Labute approximate surface area is 127 Å². The number of pyridine rings is 1. The van der Waals surface area contributed by atoms with E-state index >= 15 is 0 Å². The van der Waals surface area contributed by atoms with Gasteiger partial charge in [0.1, 0.15) is 5.82 Å². The monoisotopic (exact) mass is 293 g/mol. The average Bonchev–Trinajstić information content (AvgIpc) is 2.40. The van der Waals surface area contributed by atoms with Crippen LogP contribution in [0, 0.1) is 5.92 Å². The third-order valence-electron chi connectivity index (χ3n) is 2.77. The third kappa shape index (κ3) is 5.35. The Kier molecular flexibility index (Phi) is 7.34. The van der Waals surface area contributed by atoms with Crippen LogP contribution < -0.4 is 10.2 Å². The van der Waals surface area contributed by atoms with Gasteiger partial charge < -0.3 is 10.2 Å². The maximum atomic E-state index is 6.21. The number of aromatic nitrogens is 1. The molecule has 0 radical (unpaired) electrons. The number of anilines is 1. The Balaban J connectivity index is 2.82. The highest BCUT2D eigenvalue weighted by Crippen LogP contribution is 2.19. The first-order chi connectivity index (χ1) is 9.58. The fourth-order valence-electron chi connectivity index (χ4n) is 1.83. The van der Waals surface area contributed by atoms with Gasteiger partial charge in [0, 0.05) is 19.6 Å². The van der Waals surface area contributed by atoms with Crippen molar-refractivity contribution < 1.29 is 0 Å². The molecule has 1 N–H and O–H groups in total. The molecule has 0 saturated carbocycles. The topological polar surface area (TPSA) is 28.2 Å². The van der Waals surface area contributed by atoms with E-state index in [2.05, 4.69) is 42.2 Å². The Bertz CT molecular complexity index is 433. The van der Waals surface area contributed by atoms with Crippen LogP contribution in [0.3, 0.4) is 0 Å². The molecule has 3 nitrogen and oxygen atoms in total. The van der Waals surface area contributed by atoms with Gasteiger partial charge in [0.25, 0.3) is 0 Å². The normalized spacial score (nSPS) is 10.6. The molecule has 0 fully saturated rings. The third-order valence-corrected chi connectivity index (χ3v) is 3.12. The maximum absolute atomic E-state index is 6.21. The molecule has 0 saturated heterocycles. The molecule has 0 aromatic carbocycles. The van der Waals surface area contributed by atoms with Crippen molar-refractivity contribution in [3.63, 3.8) is 0 Å². The van der Waals surface area contributed by atoms with Crippen LogP contribution in [0.25, 0.3) is 0 Å². The van der Waals surface area contributed by atoms with Crippen LogP contribution in [0.15, 0.2) is 37.4 Å². The van der Waals surface area contributed by atoms with Crippen LogP contribution in [-0.4, -0.2) is 24.6 Å². The van der Waals surface area contributed by atoms with Gasteiger partial charge in [0.15, 0.2) is 0 Å². The predicted molar refractivity (Wildman–Crippen MR) is 88.4 cm³/mol. The fourth-order valence-corrected chi connectivity index (χ4v) is 2.00. The molecule has 0 atom stereocenters. The van der Waals surface area contributed by atoms with Gasteiger partial charge in [-0.05, 0) is 24.6 Å². The van der Waals surface area contributed by atoms with Crippen LogP contribution >= 0.6 is 11.6 Å². The second kappa shape index (κ2) is 8.77. The molecular formula is C16H24ClN3. The van der Waals surface area contributed by atoms with E-state index in [0.717, 1.165) is 31.1 Å². The summed E-state index contributed by atoms with van der Waals surface area (Å²) in [6, 6.07) is 3.83. The van der Waals surface area contributed by atoms with Gasteiger partial charge in [-0.1, -0.05) is 37.6 Å². The minimum absolute atomic E-state index is 0.606. The fraction of sp³-hybridized carbons (Fsp3) is 0.438. The number of nitrogens with one attached hydrogen (secondary N) is 1. The zero-order valence-electron chi connectivity index (χ0n) is 12.4. The Morgan fingerprint density at radius 2 is 1.95 bits per heavy atom. The Hall–Kier alpha value is -1.32. The van der Waals surface area contributed by atoms with E-state index in [9.17, 15) is 0 Å². The van der Waals surface area contributed by atoms with E-state index in [0.29, 0.717) is 17.5 Å². The van der Waals surface area contributed by atoms with Gasteiger partial charge in [-0.3, -0.25) is 0 Å².